The highest BCUT2D eigenvalue weighted by Gasteiger charge is 2.52. The third-order valence-corrected chi connectivity index (χ3v) is 6.96. The molecule has 1 N–H and O–H groups in total. The number of nitro benzene ring substituents is 1. The van der Waals surface area contributed by atoms with Crippen LogP contribution in [0.15, 0.2) is 68.2 Å². The van der Waals surface area contributed by atoms with Gasteiger partial charge in [0.15, 0.2) is 18.1 Å². The molecule has 0 radical (unpaired) electrons. The molecule has 1 saturated carbocycles. The fourth-order valence-corrected chi connectivity index (χ4v) is 5.15. The van der Waals surface area contributed by atoms with E-state index in [1.807, 2.05) is 0 Å². The molecule has 1 atom stereocenters. The number of carbonyl (C=O) groups is 1. The minimum absolute atomic E-state index is 0.0287. The van der Waals surface area contributed by atoms with E-state index >= 15 is 0 Å². The van der Waals surface area contributed by atoms with E-state index in [1.54, 1.807) is 30.3 Å². The van der Waals surface area contributed by atoms with Crippen molar-refractivity contribution in [1.29, 1.82) is 0 Å². The third kappa shape index (κ3) is 5.61. The molecule has 1 heterocycles. The van der Waals surface area contributed by atoms with Crippen molar-refractivity contribution in [2.75, 3.05) is 0 Å². The van der Waals surface area contributed by atoms with Crippen molar-refractivity contribution in [2.45, 2.75) is 38.3 Å². The van der Waals surface area contributed by atoms with Gasteiger partial charge in [0, 0.05) is 12.1 Å². The van der Waals surface area contributed by atoms with Gasteiger partial charge in [0.2, 0.25) is 0 Å². The van der Waals surface area contributed by atoms with E-state index < -0.39 is 30.0 Å². The van der Waals surface area contributed by atoms with Crippen molar-refractivity contribution >= 4 is 19.4 Å². The lowest BCUT2D eigenvalue weighted by Crippen LogP contribution is -2.57. The molecule has 1 aliphatic carbocycles. The van der Waals surface area contributed by atoms with Crippen LogP contribution in [-0.2, 0) is 20.7 Å². The Labute approximate surface area is 198 Å². The summed E-state index contributed by atoms with van der Waals surface area (Å²) in [5.74, 6) is -1.18. The minimum atomic E-state index is -4.26. The second-order valence-electron chi connectivity index (χ2n) is 7.80. The van der Waals surface area contributed by atoms with Crippen LogP contribution >= 0.6 is 7.75 Å². The lowest BCUT2D eigenvalue weighted by Gasteiger charge is -2.40. The normalized spacial score (nSPS) is 15.9. The van der Waals surface area contributed by atoms with E-state index in [-0.39, 0.29) is 48.2 Å². The largest absolute Gasteiger partial charge is 0.519 e. The molecule has 184 valence electrons. The van der Waals surface area contributed by atoms with Crippen molar-refractivity contribution in [3.8, 4) is 11.5 Å². The maximum Gasteiger partial charge on any atom is 0.519 e. The van der Waals surface area contributed by atoms with Gasteiger partial charge in [-0.2, -0.15) is 5.09 Å². The molecule has 0 spiro atoms. The summed E-state index contributed by atoms with van der Waals surface area (Å²) in [7, 11) is -4.26. The van der Waals surface area contributed by atoms with Crippen LogP contribution in [-0.4, -0.2) is 16.4 Å². The number of esters is 1. The molecule has 35 heavy (non-hydrogen) atoms. The number of nitro groups is 1. The van der Waals surface area contributed by atoms with Crippen LogP contribution in [0.25, 0.3) is 0 Å². The van der Waals surface area contributed by atoms with Crippen molar-refractivity contribution in [3.63, 3.8) is 0 Å². The van der Waals surface area contributed by atoms with Crippen LogP contribution < -0.4 is 20.0 Å². The minimum Gasteiger partial charge on any atom is -0.456 e. The summed E-state index contributed by atoms with van der Waals surface area (Å²) in [6.07, 6.45) is 1.21. The molecular weight excluding hydrogens is 483 g/mol. The highest BCUT2D eigenvalue weighted by molar-refractivity contribution is 7.52. The zero-order valence-electron chi connectivity index (χ0n) is 18.5. The van der Waals surface area contributed by atoms with Gasteiger partial charge in [-0.05, 0) is 50.5 Å². The number of non-ortho nitro benzene ring substituents is 1. The number of ether oxygens (including phenoxy) is 1. The molecular formula is C22H21N2O10P. The topological polar surface area (TPSA) is 160 Å². The molecule has 1 aliphatic rings. The maximum absolute atomic E-state index is 13.8. The molecule has 4 rings (SSSR count). The highest BCUT2D eigenvalue weighted by atomic mass is 31.2. The number of aryl methyl sites for hydroxylation is 1. The Kier molecular flexibility index (Phi) is 6.77. The second kappa shape index (κ2) is 9.77. The molecule has 0 amide bonds. The molecule has 1 fully saturated rings. The van der Waals surface area contributed by atoms with Crippen LogP contribution in [0.2, 0.25) is 0 Å². The molecule has 13 heteroatoms. The SMILES string of the molecule is Cc1oc(=O)oc1COC(=O)C1(NP(=O)(Oc2ccccc2)Oc2ccc([N+](=O)[O-])cc2)CCC1. The van der Waals surface area contributed by atoms with E-state index in [4.69, 9.17) is 22.6 Å². The summed E-state index contributed by atoms with van der Waals surface area (Å²) >= 11 is 0. The predicted octanol–water partition coefficient (Wildman–Crippen LogP) is 4.27. The molecule has 0 saturated heterocycles. The summed E-state index contributed by atoms with van der Waals surface area (Å²) in [6.45, 7) is 1.14. The Morgan fingerprint density at radius 1 is 1.09 bits per heavy atom. The first-order chi connectivity index (χ1) is 16.7. The molecule has 3 aromatic rings. The van der Waals surface area contributed by atoms with Crippen LogP contribution in [0.3, 0.4) is 0 Å². The number of rotatable bonds is 10. The molecule has 1 unspecified atom stereocenters. The first kappa shape index (κ1) is 24.2. The number of nitrogens with one attached hydrogen (secondary N) is 1. The number of para-hydroxylation sites is 1. The van der Waals surface area contributed by atoms with Gasteiger partial charge in [-0.25, -0.2) is 9.36 Å². The van der Waals surface area contributed by atoms with Crippen molar-refractivity contribution in [3.05, 3.63) is 86.8 Å². The smallest absolute Gasteiger partial charge is 0.456 e. The van der Waals surface area contributed by atoms with Gasteiger partial charge in [0.25, 0.3) is 5.69 Å². The van der Waals surface area contributed by atoms with E-state index in [9.17, 15) is 24.3 Å². The number of nitrogens with zero attached hydrogens (tertiary/aromatic N) is 1. The van der Waals surface area contributed by atoms with E-state index in [0.717, 1.165) is 0 Å². The fourth-order valence-electron chi connectivity index (χ4n) is 3.38. The van der Waals surface area contributed by atoms with Crippen molar-refractivity contribution < 1.29 is 36.9 Å². The molecule has 1 aromatic heterocycles. The first-order valence-corrected chi connectivity index (χ1v) is 12.1. The van der Waals surface area contributed by atoms with Crippen molar-refractivity contribution in [1.82, 2.24) is 5.09 Å². The second-order valence-corrected chi connectivity index (χ2v) is 9.38. The lowest BCUT2D eigenvalue weighted by atomic mass is 9.78. The average molecular weight is 504 g/mol. The van der Waals surface area contributed by atoms with E-state index in [2.05, 4.69) is 5.09 Å². The molecule has 2 aromatic carbocycles. The van der Waals surface area contributed by atoms with Gasteiger partial charge in [0.05, 0.1) is 4.92 Å². The van der Waals surface area contributed by atoms with Gasteiger partial charge in [-0.1, -0.05) is 18.2 Å². The zero-order chi connectivity index (χ0) is 25.1. The van der Waals surface area contributed by atoms with Gasteiger partial charge < -0.3 is 22.6 Å². The number of benzene rings is 2. The molecule has 0 aliphatic heterocycles. The summed E-state index contributed by atoms with van der Waals surface area (Å²) in [4.78, 5) is 34.6. The van der Waals surface area contributed by atoms with E-state index in [0.29, 0.717) is 6.42 Å². The monoisotopic (exact) mass is 504 g/mol. The maximum atomic E-state index is 13.8. The Morgan fingerprint density at radius 3 is 2.23 bits per heavy atom. The highest BCUT2D eigenvalue weighted by Crippen LogP contribution is 2.50. The van der Waals surface area contributed by atoms with Crippen LogP contribution in [0.4, 0.5) is 5.69 Å². The average Bonchev–Trinajstić information content (AvgIpc) is 3.12. The Bertz CT molecular complexity index is 1310. The summed E-state index contributed by atoms with van der Waals surface area (Å²) in [5, 5.41) is 13.6. The first-order valence-electron chi connectivity index (χ1n) is 10.5. The Hall–Kier alpha value is -3.89. The predicted molar refractivity (Wildman–Crippen MR) is 120 cm³/mol. The zero-order valence-corrected chi connectivity index (χ0v) is 19.4. The van der Waals surface area contributed by atoms with Gasteiger partial charge in [-0.3, -0.25) is 14.9 Å². The summed E-state index contributed by atoms with van der Waals surface area (Å²) in [5.41, 5.74) is -1.56. The molecule has 0 bridgehead atoms. The van der Waals surface area contributed by atoms with Gasteiger partial charge in [-0.15, -0.1) is 0 Å². The van der Waals surface area contributed by atoms with E-state index in [1.165, 1.54) is 31.2 Å². The number of hydrogen-bond acceptors (Lipinski definition) is 10. The van der Waals surface area contributed by atoms with Gasteiger partial charge in [0.1, 0.15) is 17.0 Å². The fraction of sp³-hybridized carbons (Fsp3) is 0.273. The molecule has 12 nitrogen and oxygen atoms in total. The van der Waals surface area contributed by atoms with Gasteiger partial charge >= 0.3 is 19.5 Å². The number of carbonyl (C=O) groups excluding carboxylic acids is 1. The quantitative estimate of drug-likeness (QED) is 0.182. The van der Waals surface area contributed by atoms with Crippen LogP contribution in [0.5, 0.6) is 11.5 Å². The summed E-state index contributed by atoms with van der Waals surface area (Å²) < 4.78 is 40.0. The Balaban J connectivity index is 1.56. The summed E-state index contributed by atoms with van der Waals surface area (Å²) in [6, 6.07) is 13.1. The Morgan fingerprint density at radius 2 is 1.71 bits per heavy atom. The number of hydrogen-bond donors (Lipinski definition) is 1. The van der Waals surface area contributed by atoms with Crippen LogP contribution in [0, 0.1) is 17.0 Å². The standard InChI is InChI=1S/C22H21N2O10P/c1-15-19(32-21(26)31-15)14-30-20(25)22(12-5-13-22)23-35(29,33-17-6-3-2-4-7-17)34-18-10-8-16(9-11-18)24(27)28/h2-4,6-11H,5,12-14H2,1H3,(H,23,29). The van der Waals surface area contributed by atoms with Crippen LogP contribution in [0.1, 0.15) is 30.8 Å². The lowest BCUT2D eigenvalue weighted by molar-refractivity contribution is -0.384. The third-order valence-electron chi connectivity index (χ3n) is 5.36. The van der Waals surface area contributed by atoms with Crippen molar-refractivity contribution in [2.24, 2.45) is 0 Å².